The molecule has 2 aromatic heterocycles. The molecule has 4 nitrogen and oxygen atoms in total. The van der Waals surface area contributed by atoms with Crippen molar-refractivity contribution in [3.63, 3.8) is 0 Å². The lowest BCUT2D eigenvalue weighted by molar-refractivity contribution is 0.413. The Kier molecular flexibility index (Phi) is 2.08. The topological polar surface area (TPSA) is 39.4 Å². The number of hydrogen-bond donors (Lipinski definition) is 0. The van der Waals surface area contributed by atoms with Gasteiger partial charge in [0.15, 0.2) is 5.75 Å². The average molecular weight is 315 g/mol. The molecule has 0 bridgehead atoms. The Hall–Kier alpha value is -0.850. The number of methoxy groups -OCH3 is 1. The second-order valence-electron chi connectivity index (χ2n) is 3.72. The summed E-state index contributed by atoms with van der Waals surface area (Å²) in [6.45, 7) is 0. The number of hydrogen-bond acceptors (Lipinski definition) is 3. The molecule has 0 saturated heterocycles. The number of halogens is 1. The van der Waals surface area contributed by atoms with Crippen LogP contribution in [0.25, 0.3) is 5.65 Å². The first-order valence-electron chi connectivity index (χ1n) is 4.88. The van der Waals surface area contributed by atoms with Crippen molar-refractivity contribution >= 4 is 28.2 Å². The first-order valence-corrected chi connectivity index (χ1v) is 5.96. The highest BCUT2D eigenvalue weighted by molar-refractivity contribution is 14.1. The van der Waals surface area contributed by atoms with E-state index in [2.05, 4.69) is 32.8 Å². The molecular weight excluding hydrogens is 305 g/mol. The molecule has 78 valence electrons. The van der Waals surface area contributed by atoms with Crippen molar-refractivity contribution in [2.75, 3.05) is 7.11 Å². The molecular formula is C10H10IN3O. The number of ether oxygens (including phenoxy) is 1. The van der Waals surface area contributed by atoms with Gasteiger partial charge in [0, 0.05) is 12.1 Å². The smallest absolute Gasteiger partial charge is 0.204 e. The average Bonchev–Trinajstić information content (AvgIpc) is 2.99. The molecule has 0 unspecified atom stereocenters. The van der Waals surface area contributed by atoms with Crippen molar-refractivity contribution in [2.24, 2.45) is 0 Å². The van der Waals surface area contributed by atoms with Gasteiger partial charge >= 0.3 is 0 Å². The first kappa shape index (κ1) is 9.38. The van der Waals surface area contributed by atoms with Crippen LogP contribution in [0.5, 0.6) is 5.75 Å². The van der Waals surface area contributed by atoms with Gasteiger partial charge in [-0.15, -0.1) is 10.2 Å². The van der Waals surface area contributed by atoms with Crippen LogP contribution in [0.1, 0.15) is 24.6 Å². The number of nitrogens with zero attached hydrogens (tertiary/aromatic N) is 3. The van der Waals surface area contributed by atoms with Crippen LogP contribution in [0.4, 0.5) is 0 Å². The fraction of sp³-hybridized carbons (Fsp3) is 0.400. The molecule has 3 rings (SSSR count). The SMILES string of the molecule is COc1c(I)ccn2c(C3CC3)nnc12. The maximum absolute atomic E-state index is 5.34. The summed E-state index contributed by atoms with van der Waals surface area (Å²) in [5, 5.41) is 8.43. The third-order valence-corrected chi connectivity index (χ3v) is 3.51. The van der Waals surface area contributed by atoms with Crippen molar-refractivity contribution in [1.29, 1.82) is 0 Å². The van der Waals surface area contributed by atoms with Gasteiger partial charge in [-0.1, -0.05) is 0 Å². The second-order valence-corrected chi connectivity index (χ2v) is 4.89. The van der Waals surface area contributed by atoms with Gasteiger partial charge in [-0.05, 0) is 41.5 Å². The van der Waals surface area contributed by atoms with Gasteiger partial charge in [0.2, 0.25) is 5.65 Å². The maximum atomic E-state index is 5.34. The largest absolute Gasteiger partial charge is 0.492 e. The molecule has 1 saturated carbocycles. The quantitative estimate of drug-likeness (QED) is 0.798. The molecule has 0 spiro atoms. The molecule has 15 heavy (non-hydrogen) atoms. The van der Waals surface area contributed by atoms with E-state index in [0.717, 1.165) is 20.8 Å². The Labute approximate surface area is 101 Å². The standard InChI is InChI=1S/C10H10IN3O/c1-15-8-7(11)4-5-14-9(6-2-3-6)12-13-10(8)14/h4-6H,2-3H2,1H3. The van der Waals surface area contributed by atoms with Crippen molar-refractivity contribution in [1.82, 2.24) is 14.6 Å². The van der Waals surface area contributed by atoms with Crippen LogP contribution < -0.4 is 4.74 Å². The minimum atomic E-state index is 0.602. The van der Waals surface area contributed by atoms with E-state index in [1.807, 2.05) is 16.7 Å². The van der Waals surface area contributed by atoms with E-state index in [-0.39, 0.29) is 0 Å². The van der Waals surface area contributed by atoms with Crippen molar-refractivity contribution < 1.29 is 4.74 Å². The second kappa shape index (κ2) is 3.33. The van der Waals surface area contributed by atoms with Gasteiger partial charge < -0.3 is 4.74 Å². The highest BCUT2D eigenvalue weighted by atomic mass is 127. The van der Waals surface area contributed by atoms with Gasteiger partial charge in [-0.2, -0.15) is 0 Å². The third kappa shape index (κ3) is 1.40. The predicted octanol–water partition coefficient (Wildman–Crippen LogP) is 2.22. The minimum absolute atomic E-state index is 0.602. The Morgan fingerprint density at radius 2 is 2.27 bits per heavy atom. The number of aromatic nitrogens is 3. The van der Waals surface area contributed by atoms with E-state index >= 15 is 0 Å². The summed E-state index contributed by atoms with van der Waals surface area (Å²) in [4.78, 5) is 0. The van der Waals surface area contributed by atoms with Crippen LogP contribution in [0.15, 0.2) is 12.3 Å². The lowest BCUT2D eigenvalue weighted by Crippen LogP contribution is -1.96. The van der Waals surface area contributed by atoms with Crippen molar-refractivity contribution in [2.45, 2.75) is 18.8 Å². The summed E-state index contributed by atoms with van der Waals surface area (Å²) in [5.41, 5.74) is 0.825. The number of fused-ring (bicyclic) bond motifs is 1. The molecule has 0 aromatic carbocycles. The van der Waals surface area contributed by atoms with Gasteiger partial charge in [0.1, 0.15) is 5.82 Å². The van der Waals surface area contributed by atoms with Crippen LogP contribution in [-0.4, -0.2) is 21.7 Å². The predicted molar refractivity (Wildman–Crippen MR) is 64.2 cm³/mol. The van der Waals surface area contributed by atoms with E-state index in [0.29, 0.717) is 5.92 Å². The normalized spacial score (nSPS) is 15.9. The number of rotatable bonds is 2. The van der Waals surface area contributed by atoms with Crippen molar-refractivity contribution in [3.05, 3.63) is 21.7 Å². The van der Waals surface area contributed by atoms with E-state index in [4.69, 9.17) is 4.74 Å². The van der Waals surface area contributed by atoms with Gasteiger partial charge in [0.25, 0.3) is 0 Å². The number of pyridine rings is 1. The maximum Gasteiger partial charge on any atom is 0.204 e. The molecule has 0 radical (unpaired) electrons. The Balaban J connectivity index is 2.27. The van der Waals surface area contributed by atoms with Gasteiger partial charge in [-0.3, -0.25) is 4.40 Å². The lowest BCUT2D eigenvalue weighted by Gasteiger charge is -2.04. The van der Waals surface area contributed by atoms with E-state index < -0.39 is 0 Å². The van der Waals surface area contributed by atoms with E-state index in [1.165, 1.54) is 12.8 Å². The minimum Gasteiger partial charge on any atom is -0.492 e. The summed E-state index contributed by atoms with van der Waals surface area (Å²) in [6, 6.07) is 2.03. The van der Waals surface area contributed by atoms with Crippen LogP contribution in [0.3, 0.4) is 0 Å². The molecule has 2 aromatic rings. The van der Waals surface area contributed by atoms with Crippen LogP contribution >= 0.6 is 22.6 Å². The Morgan fingerprint density at radius 3 is 2.93 bits per heavy atom. The van der Waals surface area contributed by atoms with Gasteiger partial charge in [0.05, 0.1) is 10.7 Å². The molecule has 0 atom stereocenters. The van der Waals surface area contributed by atoms with E-state index in [1.54, 1.807) is 7.11 Å². The zero-order valence-corrected chi connectivity index (χ0v) is 10.4. The fourth-order valence-corrected chi connectivity index (χ4v) is 2.36. The summed E-state index contributed by atoms with van der Waals surface area (Å²) >= 11 is 2.24. The van der Waals surface area contributed by atoms with Crippen molar-refractivity contribution in [3.8, 4) is 5.75 Å². The first-order chi connectivity index (χ1) is 7.31. The fourth-order valence-electron chi connectivity index (χ4n) is 1.74. The summed E-state index contributed by atoms with van der Waals surface area (Å²) in [5.74, 6) is 2.49. The Morgan fingerprint density at radius 1 is 1.47 bits per heavy atom. The zero-order valence-electron chi connectivity index (χ0n) is 8.27. The molecule has 1 aliphatic carbocycles. The van der Waals surface area contributed by atoms with Crippen LogP contribution in [-0.2, 0) is 0 Å². The summed E-state index contributed by atoms with van der Waals surface area (Å²) < 4.78 is 8.45. The zero-order chi connectivity index (χ0) is 10.4. The lowest BCUT2D eigenvalue weighted by atomic mass is 10.4. The molecule has 1 aliphatic rings. The van der Waals surface area contributed by atoms with Gasteiger partial charge in [-0.25, -0.2) is 0 Å². The molecule has 5 heteroatoms. The summed E-state index contributed by atoms with van der Waals surface area (Å²) in [6.07, 6.45) is 4.48. The Bertz CT molecular complexity index is 519. The van der Waals surface area contributed by atoms with E-state index in [9.17, 15) is 0 Å². The van der Waals surface area contributed by atoms with Crippen LogP contribution in [0, 0.1) is 3.57 Å². The highest BCUT2D eigenvalue weighted by Crippen LogP contribution is 2.39. The van der Waals surface area contributed by atoms with Crippen LogP contribution in [0.2, 0.25) is 0 Å². The molecule has 0 amide bonds. The molecule has 0 aliphatic heterocycles. The molecule has 0 N–H and O–H groups in total. The third-order valence-electron chi connectivity index (χ3n) is 2.66. The highest BCUT2D eigenvalue weighted by Gasteiger charge is 2.29. The molecule has 2 heterocycles. The monoisotopic (exact) mass is 315 g/mol. The summed E-state index contributed by atoms with van der Waals surface area (Å²) in [7, 11) is 1.67. The molecule has 1 fully saturated rings.